The highest BCUT2D eigenvalue weighted by molar-refractivity contribution is 9.10. The van der Waals surface area contributed by atoms with Gasteiger partial charge in [0.2, 0.25) is 5.91 Å². The number of morpholine rings is 1. The predicted molar refractivity (Wildman–Crippen MR) is 79.8 cm³/mol. The zero-order valence-electron chi connectivity index (χ0n) is 11.9. The summed E-state index contributed by atoms with van der Waals surface area (Å²) in [6.07, 6.45) is 0. The maximum absolute atomic E-state index is 12.0. The molecule has 0 aliphatic carbocycles. The number of hydrogen-bond donors (Lipinski definition) is 1. The van der Waals surface area contributed by atoms with Crippen LogP contribution in [-0.2, 0) is 9.53 Å². The first-order valence-corrected chi connectivity index (χ1v) is 7.42. The summed E-state index contributed by atoms with van der Waals surface area (Å²) in [5, 5.41) is 2.67. The van der Waals surface area contributed by atoms with E-state index in [4.69, 9.17) is 4.74 Å². The first kappa shape index (κ1) is 15.2. The molecule has 1 atom stereocenters. The minimum absolute atomic E-state index is 0.0643. The van der Waals surface area contributed by atoms with E-state index in [2.05, 4.69) is 31.2 Å². The second-order valence-corrected chi connectivity index (χ2v) is 5.77. The molecule has 2 heterocycles. The van der Waals surface area contributed by atoms with Crippen LogP contribution >= 0.6 is 15.9 Å². The van der Waals surface area contributed by atoms with E-state index < -0.39 is 0 Å². The molecule has 1 unspecified atom stereocenters. The molecule has 7 heteroatoms. The fraction of sp³-hybridized carbons (Fsp3) is 0.615. The van der Waals surface area contributed by atoms with Gasteiger partial charge in [0, 0.05) is 25.6 Å². The van der Waals surface area contributed by atoms with Gasteiger partial charge in [0.1, 0.15) is 22.3 Å². The minimum atomic E-state index is -0.351. The highest BCUT2D eigenvalue weighted by atomic mass is 79.9. The number of carbonyl (C=O) groups is 1. The monoisotopic (exact) mass is 342 g/mol. The van der Waals surface area contributed by atoms with Crippen LogP contribution in [0, 0.1) is 0 Å². The molecule has 1 amide bonds. The highest BCUT2D eigenvalue weighted by Gasteiger charge is 2.30. The van der Waals surface area contributed by atoms with Gasteiger partial charge in [0.15, 0.2) is 0 Å². The van der Waals surface area contributed by atoms with Gasteiger partial charge in [0.25, 0.3) is 0 Å². The van der Waals surface area contributed by atoms with E-state index in [1.165, 1.54) is 0 Å². The molecular weight excluding hydrogens is 324 g/mol. The van der Waals surface area contributed by atoms with Crippen molar-refractivity contribution in [1.82, 2.24) is 15.3 Å². The number of nitrogens with zero attached hydrogens (tertiary/aromatic N) is 3. The summed E-state index contributed by atoms with van der Waals surface area (Å²) >= 11 is 3.41. The summed E-state index contributed by atoms with van der Waals surface area (Å²) in [5.41, 5.74) is 0. The fourth-order valence-electron chi connectivity index (χ4n) is 2.09. The quantitative estimate of drug-likeness (QED) is 0.839. The van der Waals surface area contributed by atoms with Crippen molar-refractivity contribution in [2.45, 2.75) is 25.8 Å². The Morgan fingerprint density at radius 2 is 2.30 bits per heavy atom. The fourth-order valence-corrected chi connectivity index (χ4v) is 2.48. The van der Waals surface area contributed by atoms with Crippen molar-refractivity contribution in [3.05, 3.63) is 16.5 Å². The molecule has 20 heavy (non-hydrogen) atoms. The van der Waals surface area contributed by atoms with E-state index in [-0.39, 0.29) is 17.9 Å². The molecule has 110 valence electrons. The number of hydrogen-bond acceptors (Lipinski definition) is 5. The lowest BCUT2D eigenvalue weighted by molar-refractivity contribution is -0.124. The van der Waals surface area contributed by atoms with Gasteiger partial charge in [-0.15, -0.1) is 0 Å². The number of carbonyl (C=O) groups excluding carboxylic acids is 1. The van der Waals surface area contributed by atoms with Crippen LogP contribution in [0.3, 0.4) is 0 Å². The van der Waals surface area contributed by atoms with Crippen molar-refractivity contribution < 1.29 is 9.53 Å². The predicted octanol–water partition coefficient (Wildman–Crippen LogP) is 1.31. The normalized spacial score (nSPS) is 19.2. The molecule has 1 aliphatic heterocycles. The molecule has 0 radical (unpaired) electrons. The first-order chi connectivity index (χ1) is 9.52. The summed E-state index contributed by atoms with van der Waals surface area (Å²) in [5.74, 6) is 1.68. The third-order valence-electron chi connectivity index (χ3n) is 3.19. The smallest absolute Gasteiger partial charge is 0.244 e. The van der Waals surface area contributed by atoms with E-state index in [9.17, 15) is 4.79 Å². The number of amides is 1. The van der Waals surface area contributed by atoms with Crippen LogP contribution in [0.4, 0.5) is 5.82 Å². The van der Waals surface area contributed by atoms with Gasteiger partial charge < -0.3 is 15.0 Å². The maximum atomic E-state index is 12.0. The van der Waals surface area contributed by atoms with Crippen LogP contribution in [0.15, 0.2) is 10.7 Å². The van der Waals surface area contributed by atoms with E-state index >= 15 is 0 Å². The molecule has 0 aromatic carbocycles. The molecule has 1 N–H and O–H groups in total. The Bertz CT molecular complexity index is 495. The van der Waals surface area contributed by atoms with Crippen LogP contribution < -0.4 is 10.2 Å². The van der Waals surface area contributed by atoms with Gasteiger partial charge in [-0.3, -0.25) is 4.79 Å². The Kier molecular flexibility index (Phi) is 4.93. The van der Waals surface area contributed by atoms with E-state index in [1.807, 2.05) is 24.8 Å². The van der Waals surface area contributed by atoms with Crippen molar-refractivity contribution in [2.75, 3.05) is 31.7 Å². The molecule has 2 rings (SSSR count). The number of ether oxygens (including phenoxy) is 1. The number of nitrogens with one attached hydrogen (secondary N) is 1. The van der Waals surface area contributed by atoms with Gasteiger partial charge in [0.05, 0.1) is 13.2 Å². The lowest BCUT2D eigenvalue weighted by Gasteiger charge is -2.35. The molecule has 1 aromatic heterocycles. The van der Waals surface area contributed by atoms with Crippen molar-refractivity contribution >= 4 is 27.7 Å². The molecule has 6 nitrogen and oxygen atoms in total. The van der Waals surface area contributed by atoms with Crippen molar-refractivity contribution in [2.24, 2.45) is 0 Å². The van der Waals surface area contributed by atoms with Gasteiger partial charge >= 0.3 is 0 Å². The van der Waals surface area contributed by atoms with Gasteiger partial charge in [-0.1, -0.05) is 13.8 Å². The molecule has 1 aromatic rings. The summed E-state index contributed by atoms with van der Waals surface area (Å²) < 4.78 is 6.14. The highest BCUT2D eigenvalue weighted by Crippen LogP contribution is 2.23. The second kappa shape index (κ2) is 6.49. The van der Waals surface area contributed by atoms with Gasteiger partial charge in [-0.05, 0) is 15.9 Å². The number of anilines is 1. The Morgan fingerprint density at radius 1 is 1.55 bits per heavy atom. The maximum Gasteiger partial charge on any atom is 0.244 e. The molecule has 1 saturated heterocycles. The number of aromatic nitrogens is 2. The summed E-state index contributed by atoms with van der Waals surface area (Å²) in [4.78, 5) is 22.9. The minimum Gasteiger partial charge on any atom is -0.377 e. The topological polar surface area (TPSA) is 67.3 Å². The van der Waals surface area contributed by atoms with E-state index in [0.29, 0.717) is 19.8 Å². The van der Waals surface area contributed by atoms with Crippen LogP contribution in [0.1, 0.15) is 25.6 Å². The summed E-state index contributed by atoms with van der Waals surface area (Å²) in [6, 6.07) is 1.49. The lowest BCUT2D eigenvalue weighted by atomic mass is 10.2. The number of likely N-dealkylation sites (N-methyl/N-ethyl adjacent to an activating group) is 1. The van der Waals surface area contributed by atoms with Crippen LogP contribution in [0.2, 0.25) is 0 Å². The zero-order chi connectivity index (χ0) is 14.7. The van der Waals surface area contributed by atoms with Crippen LogP contribution in [0.5, 0.6) is 0 Å². The van der Waals surface area contributed by atoms with E-state index in [0.717, 1.165) is 16.2 Å². The second-order valence-electron chi connectivity index (χ2n) is 4.96. The van der Waals surface area contributed by atoms with Gasteiger partial charge in [-0.25, -0.2) is 9.97 Å². The number of rotatable bonds is 3. The van der Waals surface area contributed by atoms with Crippen LogP contribution in [-0.4, -0.2) is 48.7 Å². The Morgan fingerprint density at radius 3 is 2.95 bits per heavy atom. The molecule has 1 fully saturated rings. The molecule has 1 aliphatic rings. The van der Waals surface area contributed by atoms with Crippen molar-refractivity contribution in [1.29, 1.82) is 0 Å². The first-order valence-electron chi connectivity index (χ1n) is 6.63. The summed E-state index contributed by atoms with van der Waals surface area (Å²) in [6.45, 7) is 5.69. The Hall–Kier alpha value is -1.21. The number of halogens is 1. The molecule has 0 bridgehead atoms. The van der Waals surface area contributed by atoms with Crippen molar-refractivity contribution in [3.63, 3.8) is 0 Å². The molecule has 0 spiro atoms. The van der Waals surface area contributed by atoms with E-state index in [1.54, 1.807) is 7.05 Å². The van der Waals surface area contributed by atoms with Crippen LogP contribution in [0.25, 0.3) is 0 Å². The zero-order valence-corrected chi connectivity index (χ0v) is 13.5. The molecular formula is C13H19BrN4O2. The summed E-state index contributed by atoms with van der Waals surface area (Å²) in [7, 11) is 1.63. The Labute approximate surface area is 127 Å². The third-order valence-corrected chi connectivity index (χ3v) is 3.59. The average molecular weight is 343 g/mol. The largest absolute Gasteiger partial charge is 0.377 e. The lowest BCUT2D eigenvalue weighted by Crippen LogP contribution is -2.53. The molecule has 0 saturated carbocycles. The third kappa shape index (κ3) is 3.27. The average Bonchev–Trinajstić information content (AvgIpc) is 2.45. The standard InChI is InChI=1S/C13H19BrN4O2/c1-8(2)12-16-10(14)6-11(17-12)18-4-5-20-7-9(18)13(19)15-3/h6,8-9H,4-5,7H2,1-3H3,(H,15,19). The van der Waals surface area contributed by atoms with Gasteiger partial charge in [-0.2, -0.15) is 0 Å². The van der Waals surface area contributed by atoms with Crippen molar-refractivity contribution in [3.8, 4) is 0 Å². The Balaban J connectivity index is 2.34. The SMILES string of the molecule is CNC(=O)C1COCCN1c1cc(Br)nc(C(C)C)n1.